The van der Waals surface area contributed by atoms with Crippen LogP contribution in [0.3, 0.4) is 0 Å². The summed E-state index contributed by atoms with van der Waals surface area (Å²) < 4.78 is 21.8. The summed E-state index contributed by atoms with van der Waals surface area (Å²) in [6.45, 7) is 4.88. The summed E-state index contributed by atoms with van der Waals surface area (Å²) in [5.41, 5.74) is 1.23. The van der Waals surface area contributed by atoms with Crippen molar-refractivity contribution in [1.82, 2.24) is 19.3 Å². The number of carbonyl (C=O) groups is 1. The molecule has 0 fully saturated rings. The number of ether oxygens (including phenoxy) is 1. The third-order valence-electron chi connectivity index (χ3n) is 5.41. The van der Waals surface area contributed by atoms with Gasteiger partial charge in [0.05, 0.1) is 17.1 Å². The summed E-state index contributed by atoms with van der Waals surface area (Å²) in [5.74, 6) is -0.860. The standard InChI is InChI=1S/C25H26FN5O3/c1-16(2)34-13-5-12-31-22(27)19(24(32)28-15-17-7-9-18(26)10-8-17)14-20-23(31)29-21-6-3-4-11-30(21)25(20)33/h3-4,6-11,14,16,27H,5,12-13,15H2,1-2H3,(H,28,32). The van der Waals surface area contributed by atoms with E-state index in [0.29, 0.717) is 36.4 Å². The van der Waals surface area contributed by atoms with Crippen LogP contribution in [-0.4, -0.2) is 32.6 Å². The number of hydrogen-bond acceptors (Lipinski definition) is 5. The first kappa shape index (κ1) is 23.3. The molecule has 0 saturated carbocycles. The highest BCUT2D eigenvalue weighted by atomic mass is 19.1. The Bertz CT molecular complexity index is 1460. The van der Waals surface area contributed by atoms with Crippen molar-refractivity contribution >= 4 is 22.6 Å². The molecule has 176 valence electrons. The van der Waals surface area contributed by atoms with Crippen molar-refractivity contribution in [1.29, 1.82) is 5.41 Å². The molecule has 0 atom stereocenters. The van der Waals surface area contributed by atoms with E-state index in [1.807, 2.05) is 13.8 Å². The predicted octanol–water partition coefficient (Wildman–Crippen LogP) is 3.01. The van der Waals surface area contributed by atoms with E-state index < -0.39 is 5.91 Å². The van der Waals surface area contributed by atoms with Gasteiger partial charge in [-0.1, -0.05) is 18.2 Å². The van der Waals surface area contributed by atoms with Gasteiger partial charge in [-0.2, -0.15) is 0 Å². The molecular formula is C25H26FN5O3. The van der Waals surface area contributed by atoms with Crippen molar-refractivity contribution < 1.29 is 13.9 Å². The lowest BCUT2D eigenvalue weighted by molar-refractivity contribution is 0.0748. The second kappa shape index (κ2) is 9.96. The number of amides is 1. The largest absolute Gasteiger partial charge is 0.379 e. The smallest absolute Gasteiger partial charge is 0.267 e. The van der Waals surface area contributed by atoms with Crippen LogP contribution in [0.15, 0.2) is 59.5 Å². The maximum absolute atomic E-state index is 13.2. The number of pyridine rings is 2. The lowest BCUT2D eigenvalue weighted by atomic mass is 10.1. The highest BCUT2D eigenvalue weighted by Crippen LogP contribution is 2.11. The number of nitrogens with zero attached hydrogens (tertiary/aromatic N) is 3. The highest BCUT2D eigenvalue weighted by Gasteiger charge is 2.17. The summed E-state index contributed by atoms with van der Waals surface area (Å²) in [6.07, 6.45) is 2.28. The van der Waals surface area contributed by atoms with Crippen LogP contribution >= 0.6 is 0 Å². The zero-order chi connectivity index (χ0) is 24.2. The Balaban J connectivity index is 1.75. The number of rotatable bonds is 8. The van der Waals surface area contributed by atoms with Crippen molar-refractivity contribution in [2.45, 2.75) is 39.5 Å². The summed E-state index contributed by atoms with van der Waals surface area (Å²) in [5, 5.41) is 11.7. The minimum Gasteiger partial charge on any atom is -0.379 e. The van der Waals surface area contributed by atoms with Crippen LogP contribution in [-0.2, 0) is 17.8 Å². The number of aromatic nitrogens is 3. The first-order chi connectivity index (χ1) is 16.3. The van der Waals surface area contributed by atoms with Gasteiger partial charge in [-0.25, -0.2) is 9.37 Å². The van der Waals surface area contributed by atoms with E-state index >= 15 is 0 Å². The van der Waals surface area contributed by atoms with Gasteiger partial charge in [-0.15, -0.1) is 0 Å². The SMILES string of the molecule is CC(C)OCCCn1c(=N)c(C(=O)NCc2ccc(F)cc2)cc2c(=O)n3ccccc3nc21. The van der Waals surface area contributed by atoms with E-state index in [-0.39, 0.29) is 40.5 Å². The van der Waals surface area contributed by atoms with Gasteiger partial charge < -0.3 is 14.6 Å². The predicted molar refractivity (Wildman–Crippen MR) is 126 cm³/mol. The second-order valence-corrected chi connectivity index (χ2v) is 8.22. The van der Waals surface area contributed by atoms with Crippen molar-refractivity contribution in [2.75, 3.05) is 6.61 Å². The zero-order valence-electron chi connectivity index (χ0n) is 19.0. The number of carbonyl (C=O) groups excluding carboxylic acids is 1. The molecule has 34 heavy (non-hydrogen) atoms. The van der Waals surface area contributed by atoms with Gasteiger partial charge in [-0.05, 0) is 56.2 Å². The second-order valence-electron chi connectivity index (χ2n) is 8.22. The van der Waals surface area contributed by atoms with E-state index in [1.54, 1.807) is 41.1 Å². The minimum atomic E-state index is -0.499. The fraction of sp³-hybridized carbons (Fsp3) is 0.280. The topological polar surface area (TPSA) is 101 Å². The average molecular weight is 464 g/mol. The lowest BCUT2D eigenvalue weighted by Gasteiger charge is -2.15. The van der Waals surface area contributed by atoms with Gasteiger partial charge in [0.15, 0.2) is 0 Å². The van der Waals surface area contributed by atoms with Gasteiger partial charge in [0.25, 0.3) is 11.5 Å². The molecule has 3 heterocycles. The molecule has 0 spiro atoms. The van der Waals surface area contributed by atoms with Gasteiger partial charge >= 0.3 is 0 Å². The van der Waals surface area contributed by atoms with Crippen LogP contribution in [0.25, 0.3) is 16.7 Å². The Morgan fingerprint density at radius 2 is 1.97 bits per heavy atom. The molecule has 8 nitrogen and oxygen atoms in total. The van der Waals surface area contributed by atoms with Crippen LogP contribution in [0, 0.1) is 11.2 Å². The third kappa shape index (κ3) is 4.89. The fourth-order valence-electron chi connectivity index (χ4n) is 3.70. The quantitative estimate of drug-likeness (QED) is 0.310. The normalized spacial score (nSPS) is 11.4. The molecule has 2 N–H and O–H groups in total. The molecular weight excluding hydrogens is 437 g/mol. The number of hydrogen-bond donors (Lipinski definition) is 2. The number of halogens is 1. The Morgan fingerprint density at radius 3 is 2.71 bits per heavy atom. The molecule has 9 heteroatoms. The van der Waals surface area contributed by atoms with Crippen LogP contribution in [0.1, 0.15) is 36.2 Å². The highest BCUT2D eigenvalue weighted by molar-refractivity contribution is 5.96. The first-order valence-electron chi connectivity index (χ1n) is 11.1. The molecule has 0 saturated heterocycles. The maximum Gasteiger partial charge on any atom is 0.267 e. The van der Waals surface area contributed by atoms with E-state index in [9.17, 15) is 14.0 Å². The Labute approximate surface area is 195 Å². The fourth-order valence-corrected chi connectivity index (χ4v) is 3.70. The van der Waals surface area contributed by atoms with E-state index in [4.69, 9.17) is 10.1 Å². The Hall–Kier alpha value is -3.85. The average Bonchev–Trinajstić information content (AvgIpc) is 2.82. The maximum atomic E-state index is 13.2. The van der Waals surface area contributed by atoms with Crippen molar-refractivity contribution in [3.8, 4) is 0 Å². The van der Waals surface area contributed by atoms with E-state index in [1.165, 1.54) is 22.6 Å². The summed E-state index contributed by atoms with van der Waals surface area (Å²) in [6, 6.07) is 12.5. The molecule has 4 rings (SSSR count). The molecule has 0 aliphatic heterocycles. The van der Waals surface area contributed by atoms with Crippen LogP contribution in [0.4, 0.5) is 4.39 Å². The van der Waals surface area contributed by atoms with Gasteiger partial charge in [0.1, 0.15) is 22.6 Å². The number of fused-ring (bicyclic) bond motifs is 2. The minimum absolute atomic E-state index is 0.0409. The molecule has 1 aromatic carbocycles. The van der Waals surface area contributed by atoms with Crippen molar-refractivity contribution in [3.63, 3.8) is 0 Å². The molecule has 0 bridgehead atoms. The van der Waals surface area contributed by atoms with Gasteiger partial charge in [0.2, 0.25) is 0 Å². The van der Waals surface area contributed by atoms with Crippen LogP contribution in [0.5, 0.6) is 0 Å². The lowest BCUT2D eigenvalue weighted by Crippen LogP contribution is -2.35. The molecule has 1 amide bonds. The zero-order valence-corrected chi connectivity index (χ0v) is 19.0. The van der Waals surface area contributed by atoms with Crippen molar-refractivity contribution in [2.24, 2.45) is 0 Å². The first-order valence-corrected chi connectivity index (χ1v) is 11.1. The van der Waals surface area contributed by atoms with E-state index in [0.717, 1.165) is 0 Å². The molecule has 4 aromatic rings. The molecule has 0 unspecified atom stereocenters. The van der Waals surface area contributed by atoms with Gasteiger partial charge in [-0.3, -0.25) is 19.4 Å². The molecule has 3 aromatic heterocycles. The monoisotopic (exact) mass is 463 g/mol. The van der Waals surface area contributed by atoms with Gasteiger partial charge in [0, 0.05) is 25.9 Å². The summed E-state index contributed by atoms with van der Waals surface area (Å²) in [4.78, 5) is 30.9. The Kier molecular flexibility index (Phi) is 6.83. The van der Waals surface area contributed by atoms with Crippen molar-refractivity contribution in [3.05, 3.63) is 87.5 Å². The molecule has 0 radical (unpaired) electrons. The van der Waals surface area contributed by atoms with Crippen LogP contribution in [0.2, 0.25) is 0 Å². The van der Waals surface area contributed by atoms with Crippen LogP contribution < -0.4 is 16.4 Å². The summed E-state index contributed by atoms with van der Waals surface area (Å²) >= 11 is 0. The third-order valence-corrected chi connectivity index (χ3v) is 5.41. The number of nitrogens with one attached hydrogen (secondary N) is 2. The molecule has 0 aliphatic rings. The number of benzene rings is 1. The Morgan fingerprint density at radius 1 is 1.21 bits per heavy atom. The summed E-state index contributed by atoms with van der Waals surface area (Å²) in [7, 11) is 0. The number of aryl methyl sites for hydroxylation is 1. The van der Waals surface area contributed by atoms with E-state index in [2.05, 4.69) is 10.3 Å². The molecule has 0 aliphatic carbocycles.